The summed E-state index contributed by atoms with van der Waals surface area (Å²) in [7, 11) is 0. The van der Waals surface area contributed by atoms with Gasteiger partial charge >= 0.3 is 6.18 Å². The van der Waals surface area contributed by atoms with E-state index < -0.39 is 17.6 Å². The Hall–Kier alpha value is -4.34. The van der Waals surface area contributed by atoms with Gasteiger partial charge in [-0.15, -0.1) is 0 Å². The van der Waals surface area contributed by atoms with Crippen LogP contribution >= 0.6 is 0 Å². The van der Waals surface area contributed by atoms with E-state index in [0.717, 1.165) is 29.0 Å². The van der Waals surface area contributed by atoms with Gasteiger partial charge in [0, 0.05) is 29.8 Å². The van der Waals surface area contributed by atoms with Crippen LogP contribution in [-0.4, -0.2) is 28.9 Å². The Morgan fingerprint density at radius 3 is 2.86 bits per heavy atom. The highest BCUT2D eigenvalue weighted by molar-refractivity contribution is 5.93. The molecular weight excluding hydrogens is 487 g/mol. The second-order valence-electron chi connectivity index (χ2n) is 9.09. The molecular formula is C27H20F3N3O4. The summed E-state index contributed by atoms with van der Waals surface area (Å²) in [6, 6.07) is 11.8. The van der Waals surface area contributed by atoms with E-state index in [4.69, 9.17) is 9.47 Å². The lowest BCUT2D eigenvalue weighted by Crippen LogP contribution is -2.28. The predicted molar refractivity (Wildman–Crippen MR) is 127 cm³/mol. The summed E-state index contributed by atoms with van der Waals surface area (Å²) < 4.78 is 50.7. The predicted octanol–water partition coefficient (Wildman–Crippen LogP) is 4.83. The van der Waals surface area contributed by atoms with Gasteiger partial charge in [-0.1, -0.05) is 12.1 Å². The van der Waals surface area contributed by atoms with E-state index in [-0.39, 0.29) is 29.5 Å². The minimum absolute atomic E-state index is 0.0462. The van der Waals surface area contributed by atoms with Crippen molar-refractivity contribution in [2.24, 2.45) is 0 Å². The number of rotatable bonds is 5. The van der Waals surface area contributed by atoms with Crippen LogP contribution in [0.2, 0.25) is 0 Å². The van der Waals surface area contributed by atoms with E-state index in [9.17, 15) is 22.8 Å². The highest BCUT2D eigenvalue weighted by Crippen LogP contribution is 2.54. The number of hydrogen-bond acceptors (Lipinski definition) is 5. The average molecular weight is 507 g/mol. The molecule has 3 aliphatic rings. The summed E-state index contributed by atoms with van der Waals surface area (Å²) in [4.78, 5) is 28.3. The fraction of sp³-hybridized carbons (Fsp3) is 0.222. The lowest BCUT2D eigenvalue weighted by molar-refractivity contribution is -0.137. The lowest BCUT2D eigenvalue weighted by Gasteiger charge is -2.19. The quantitative estimate of drug-likeness (QED) is 0.483. The van der Waals surface area contributed by atoms with E-state index in [1.54, 1.807) is 18.3 Å². The van der Waals surface area contributed by atoms with Crippen LogP contribution in [0.15, 0.2) is 60.8 Å². The molecule has 2 aliphatic heterocycles. The first-order chi connectivity index (χ1) is 17.8. The van der Waals surface area contributed by atoms with Crippen LogP contribution in [0.5, 0.6) is 17.2 Å². The van der Waals surface area contributed by atoms with Gasteiger partial charge < -0.3 is 20.1 Å². The van der Waals surface area contributed by atoms with Crippen molar-refractivity contribution in [2.45, 2.75) is 37.1 Å². The number of anilines is 1. The molecule has 1 aliphatic carbocycles. The van der Waals surface area contributed by atoms with Crippen LogP contribution in [0.4, 0.5) is 19.0 Å². The summed E-state index contributed by atoms with van der Waals surface area (Å²) in [6.07, 6.45) is 0.380. The number of carbonyl (C=O) groups excluding carboxylic acids is 2. The lowest BCUT2D eigenvalue weighted by atomic mass is 10.1. The number of hydrogen-bond donors (Lipinski definition) is 2. The van der Waals surface area contributed by atoms with Crippen molar-refractivity contribution in [3.63, 3.8) is 0 Å². The van der Waals surface area contributed by atoms with Crippen molar-refractivity contribution in [1.29, 1.82) is 0 Å². The molecule has 0 saturated heterocycles. The summed E-state index contributed by atoms with van der Waals surface area (Å²) in [5.74, 6) is 1.88. The van der Waals surface area contributed by atoms with E-state index in [0.29, 0.717) is 30.2 Å². The van der Waals surface area contributed by atoms with Crippen LogP contribution in [0.1, 0.15) is 34.6 Å². The summed E-state index contributed by atoms with van der Waals surface area (Å²) in [5.41, 5.74) is 1.25. The molecule has 1 saturated carbocycles. The van der Waals surface area contributed by atoms with Gasteiger partial charge in [0.05, 0.1) is 17.5 Å². The first-order valence-electron chi connectivity index (χ1n) is 11.7. The molecule has 0 radical (unpaired) electrons. The Morgan fingerprint density at radius 1 is 1.16 bits per heavy atom. The second kappa shape index (κ2) is 8.65. The van der Waals surface area contributed by atoms with E-state index in [1.807, 2.05) is 12.1 Å². The molecule has 2 aromatic carbocycles. The molecule has 7 nitrogen and oxygen atoms in total. The fourth-order valence-corrected chi connectivity index (χ4v) is 4.76. The van der Waals surface area contributed by atoms with Crippen LogP contribution in [0.25, 0.3) is 6.08 Å². The molecule has 3 atom stereocenters. The second-order valence-corrected chi connectivity index (χ2v) is 9.09. The summed E-state index contributed by atoms with van der Waals surface area (Å²) >= 11 is 0. The first kappa shape index (κ1) is 23.1. The van der Waals surface area contributed by atoms with Crippen molar-refractivity contribution < 1.29 is 32.2 Å². The third kappa shape index (κ3) is 4.50. The largest absolute Gasteiger partial charge is 0.487 e. The number of amides is 2. The Labute approximate surface area is 209 Å². The minimum atomic E-state index is -4.45. The molecule has 6 rings (SSSR count). The Balaban J connectivity index is 1.12. The van der Waals surface area contributed by atoms with Crippen molar-refractivity contribution in [2.75, 3.05) is 5.32 Å². The SMILES string of the molecule is O=C(/C=C/c1cccc(C(F)(F)F)c1)N[C@@H]1[C@H]2Oc3ccc(Oc4ccnc5c4CCC(=O)N5)cc3[C@@H]12. The highest BCUT2D eigenvalue weighted by atomic mass is 19.4. The Kier molecular flexibility index (Phi) is 5.40. The number of fused-ring (bicyclic) bond motifs is 4. The van der Waals surface area contributed by atoms with Crippen molar-refractivity contribution in [1.82, 2.24) is 10.3 Å². The molecule has 1 fully saturated rings. The molecule has 188 valence electrons. The number of pyridine rings is 1. The molecule has 2 amide bonds. The highest BCUT2D eigenvalue weighted by Gasteiger charge is 2.59. The molecule has 0 bridgehead atoms. The molecule has 3 heterocycles. The maximum absolute atomic E-state index is 12.9. The molecule has 10 heteroatoms. The normalized spacial score (nSPS) is 21.4. The maximum Gasteiger partial charge on any atom is 0.416 e. The number of alkyl halides is 3. The zero-order chi connectivity index (χ0) is 25.7. The third-order valence-corrected chi connectivity index (χ3v) is 6.61. The van der Waals surface area contributed by atoms with E-state index in [2.05, 4.69) is 15.6 Å². The summed E-state index contributed by atoms with van der Waals surface area (Å²) in [6.45, 7) is 0. The third-order valence-electron chi connectivity index (χ3n) is 6.61. The van der Waals surface area contributed by atoms with E-state index >= 15 is 0 Å². The molecule has 37 heavy (non-hydrogen) atoms. The van der Waals surface area contributed by atoms with Gasteiger partial charge in [-0.3, -0.25) is 9.59 Å². The fourth-order valence-electron chi connectivity index (χ4n) is 4.76. The standard InChI is InChI=1S/C27H20F3N3O4/c28-27(29,30)15-3-1-2-14(12-15)4-8-21(34)32-24-23-18-13-16(5-7-19(18)37-25(23)24)36-20-10-11-31-26-17(20)6-9-22(35)33-26/h1-5,7-8,10-13,23-25H,6,9H2,(H,32,34)(H,31,33,35)/b8-4+/t23-,24-,25-/m0/s1. The monoisotopic (exact) mass is 507 g/mol. The van der Waals surface area contributed by atoms with Gasteiger partial charge in [-0.2, -0.15) is 13.2 Å². The van der Waals surface area contributed by atoms with Gasteiger partial charge in [0.15, 0.2) is 0 Å². The molecule has 3 aromatic rings. The van der Waals surface area contributed by atoms with E-state index in [1.165, 1.54) is 24.3 Å². The number of ether oxygens (including phenoxy) is 2. The Bertz CT molecular complexity index is 1450. The van der Waals surface area contributed by atoms with Gasteiger partial charge in [-0.05, 0) is 54.5 Å². The zero-order valence-electron chi connectivity index (χ0n) is 19.2. The Morgan fingerprint density at radius 2 is 2.03 bits per heavy atom. The smallest absolute Gasteiger partial charge is 0.416 e. The van der Waals surface area contributed by atoms with Crippen LogP contribution in [0, 0.1) is 0 Å². The average Bonchev–Trinajstić information content (AvgIpc) is 3.38. The molecule has 0 spiro atoms. The number of carbonyl (C=O) groups is 2. The number of benzene rings is 2. The zero-order valence-corrected chi connectivity index (χ0v) is 19.2. The van der Waals surface area contributed by atoms with Crippen molar-refractivity contribution in [3.05, 3.63) is 83.1 Å². The van der Waals surface area contributed by atoms with Gasteiger partial charge in [-0.25, -0.2) is 4.98 Å². The number of nitrogens with one attached hydrogen (secondary N) is 2. The summed E-state index contributed by atoms with van der Waals surface area (Å²) in [5, 5.41) is 5.61. The van der Waals surface area contributed by atoms with Crippen LogP contribution < -0.4 is 20.1 Å². The molecule has 0 unspecified atom stereocenters. The van der Waals surface area contributed by atoms with Crippen LogP contribution in [0.3, 0.4) is 0 Å². The van der Waals surface area contributed by atoms with Gasteiger partial charge in [0.1, 0.15) is 29.2 Å². The number of halogens is 3. The topological polar surface area (TPSA) is 89.6 Å². The van der Waals surface area contributed by atoms with Gasteiger partial charge in [0.25, 0.3) is 0 Å². The first-order valence-corrected chi connectivity index (χ1v) is 11.7. The maximum atomic E-state index is 12.9. The van der Waals surface area contributed by atoms with Crippen molar-refractivity contribution >= 4 is 23.7 Å². The van der Waals surface area contributed by atoms with Crippen molar-refractivity contribution in [3.8, 4) is 17.2 Å². The van der Waals surface area contributed by atoms with Gasteiger partial charge in [0.2, 0.25) is 11.8 Å². The minimum Gasteiger partial charge on any atom is -0.487 e. The number of nitrogens with zero attached hydrogens (tertiary/aromatic N) is 1. The molecule has 2 N–H and O–H groups in total. The number of aromatic nitrogens is 1. The molecule has 1 aromatic heterocycles. The van der Waals surface area contributed by atoms with Crippen LogP contribution in [-0.2, 0) is 22.2 Å².